The summed E-state index contributed by atoms with van der Waals surface area (Å²) in [5.74, 6) is 0.0761. The summed E-state index contributed by atoms with van der Waals surface area (Å²) in [5, 5.41) is 11.7. The lowest BCUT2D eigenvalue weighted by molar-refractivity contribution is -0.125. The number of aliphatic hydroxyl groups excluding tert-OH is 1. The molecule has 2 atom stereocenters. The fourth-order valence-electron chi connectivity index (χ4n) is 1.29. The van der Waals surface area contributed by atoms with Crippen LogP contribution in [0.1, 0.15) is 19.8 Å². The SMILES string of the molecule is CC(O)CCNC(=O)C1CCOC1. The van der Waals surface area contributed by atoms with Gasteiger partial charge in [0.25, 0.3) is 0 Å². The van der Waals surface area contributed by atoms with Crippen molar-refractivity contribution in [1.29, 1.82) is 0 Å². The van der Waals surface area contributed by atoms with E-state index < -0.39 is 0 Å². The predicted octanol–water partition coefficient (Wildman–Crippen LogP) is -0.0900. The van der Waals surface area contributed by atoms with E-state index in [1.54, 1.807) is 6.92 Å². The van der Waals surface area contributed by atoms with Gasteiger partial charge in [-0.25, -0.2) is 0 Å². The molecule has 4 heteroatoms. The molecule has 1 fully saturated rings. The number of ether oxygens (including phenoxy) is 1. The average molecular weight is 187 g/mol. The Hall–Kier alpha value is -0.610. The van der Waals surface area contributed by atoms with Crippen LogP contribution in [0.4, 0.5) is 0 Å². The summed E-state index contributed by atoms with van der Waals surface area (Å²) in [6.07, 6.45) is 1.08. The van der Waals surface area contributed by atoms with Crippen molar-refractivity contribution in [3.8, 4) is 0 Å². The number of carbonyl (C=O) groups is 1. The Morgan fingerprint density at radius 3 is 3.08 bits per heavy atom. The molecule has 4 nitrogen and oxygen atoms in total. The highest BCUT2D eigenvalue weighted by Crippen LogP contribution is 2.11. The third kappa shape index (κ3) is 3.74. The molecule has 0 aromatic rings. The maximum atomic E-state index is 11.4. The van der Waals surface area contributed by atoms with Crippen LogP contribution >= 0.6 is 0 Å². The van der Waals surface area contributed by atoms with Crippen molar-refractivity contribution >= 4 is 5.91 Å². The van der Waals surface area contributed by atoms with Crippen LogP contribution in [0.2, 0.25) is 0 Å². The molecule has 1 aliphatic heterocycles. The summed E-state index contributed by atoms with van der Waals surface area (Å²) in [4.78, 5) is 11.4. The topological polar surface area (TPSA) is 58.6 Å². The minimum Gasteiger partial charge on any atom is -0.393 e. The van der Waals surface area contributed by atoms with Crippen molar-refractivity contribution in [3.05, 3.63) is 0 Å². The van der Waals surface area contributed by atoms with Crippen molar-refractivity contribution in [2.45, 2.75) is 25.9 Å². The molecule has 2 unspecified atom stereocenters. The van der Waals surface area contributed by atoms with Gasteiger partial charge < -0.3 is 15.2 Å². The van der Waals surface area contributed by atoms with Crippen LogP contribution in [-0.2, 0) is 9.53 Å². The zero-order chi connectivity index (χ0) is 9.68. The summed E-state index contributed by atoms with van der Waals surface area (Å²) < 4.78 is 5.10. The van der Waals surface area contributed by atoms with Gasteiger partial charge in [0.15, 0.2) is 0 Å². The molecule has 1 heterocycles. The van der Waals surface area contributed by atoms with E-state index in [0.717, 1.165) is 6.42 Å². The van der Waals surface area contributed by atoms with Crippen LogP contribution in [-0.4, -0.2) is 36.9 Å². The zero-order valence-electron chi connectivity index (χ0n) is 7.95. The molecule has 0 aromatic carbocycles. The molecule has 0 saturated carbocycles. The van der Waals surface area contributed by atoms with E-state index in [-0.39, 0.29) is 17.9 Å². The van der Waals surface area contributed by atoms with Gasteiger partial charge in [0.05, 0.1) is 18.6 Å². The number of aliphatic hydroxyl groups is 1. The maximum Gasteiger partial charge on any atom is 0.225 e. The molecule has 0 radical (unpaired) electrons. The molecule has 1 aliphatic rings. The lowest BCUT2D eigenvalue weighted by Gasteiger charge is -2.09. The second-order valence-corrected chi connectivity index (χ2v) is 3.49. The number of nitrogens with one attached hydrogen (secondary N) is 1. The van der Waals surface area contributed by atoms with Crippen LogP contribution in [0.25, 0.3) is 0 Å². The summed E-state index contributed by atoms with van der Waals surface area (Å²) >= 11 is 0. The minimum atomic E-state index is -0.347. The van der Waals surface area contributed by atoms with Crippen molar-refractivity contribution in [1.82, 2.24) is 5.32 Å². The molecule has 0 aromatic heterocycles. The van der Waals surface area contributed by atoms with Gasteiger partial charge in [0.1, 0.15) is 0 Å². The Morgan fingerprint density at radius 2 is 2.54 bits per heavy atom. The molecule has 13 heavy (non-hydrogen) atoms. The molecule has 0 aliphatic carbocycles. The largest absolute Gasteiger partial charge is 0.393 e. The number of amides is 1. The third-order valence-electron chi connectivity index (χ3n) is 2.16. The van der Waals surface area contributed by atoms with Gasteiger partial charge >= 0.3 is 0 Å². The highest BCUT2D eigenvalue weighted by molar-refractivity contribution is 5.78. The first-order chi connectivity index (χ1) is 6.20. The van der Waals surface area contributed by atoms with Gasteiger partial charge in [0.2, 0.25) is 5.91 Å². The normalized spacial score (nSPS) is 24.3. The highest BCUT2D eigenvalue weighted by atomic mass is 16.5. The quantitative estimate of drug-likeness (QED) is 0.646. The predicted molar refractivity (Wildman–Crippen MR) is 48.2 cm³/mol. The fourth-order valence-corrected chi connectivity index (χ4v) is 1.29. The monoisotopic (exact) mass is 187 g/mol. The van der Waals surface area contributed by atoms with Crippen LogP contribution < -0.4 is 5.32 Å². The molecule has 76 valence electrons. The Labute approximate surface area is 78.3 Å². The third-order valence-corrected chi connectivity index (χ3v) is 2.16. The van der Waals surface area contributed by atoms with E-state index in [0.29, 0.717) is 26.2 Å². The van der Waals surface area contributed by atoms with E-state index in [2.05, 4.69) is 5.32 Å². The lowest BCUT2D eigenvalue weighted by atomic mass is 10.1. The molecule has 2 N–H and O–H groups in total. The molecule has 0 bridgehead atoms. The highest BCUT2D eigenvalue weighted by Gasteiger charge is 2.22. The average Bonchev–Trinajstić information content (AvgIpc) is 2.55. The first-order valence-electron chi connectivity index (χ1n) is 4.73. The summed E-state index contributed by atoms with van der Waals surface area (Å²) in [5.41, 5.74) is 0. The fraction of sp³-hybridized carbons (Fsp3) is 0.889. The maximum absolute atomic E-state index is 11.4. The van der Waals surface area contributed by atoms with Gasteiger partial charge in [0, 0.05) is 13.2 Å². The van der Waals surface area contributed by atoms with E-state index in [9.17, 15) is 4.79 Å². The van der Waals surface area contributed by atoms with E-state index >= 15 is 0 Å². The number of rotatable bonds is 4. The van der Waals surface area contributed by atoms with Crippen LogP contribution in [0, 0.1) is 5.92 Å². The molecular weight excluding hydrogens is 170 g/mol. The van der Waals surface area contributed by atoms with Crippen LogP contribution in [0.3, 0.4) is 0 Å². The molecular formula is C9H17NO3. The van der Waals surface area contributed by atoms with Gasteiger partial charge in [-0.15, -0.1) is 0 Å². The second kappa shape index (κ2) is 5.19. The van der Waals surface area contributed by atoms with Gasteiger partial charge in [-0.2, -0.15) is 0 Å². The number of hydrogen-bond donors (Lipinski definition) is 2. The van der Waals surface area contributed by atoms with E-state index in [1.165, 1.54) is 0 Å². The zero-order valence-corrected chi connectivity index (χ0v) is 7.95. The molecule has 1 rings (SSSR count). The van der Waals surface area contributed by atoms with Crippen LogP contribution in [0.15, 0.2) is 0 Å². The smallest absolute Gasteiger partial charge is 0.225 e. The standard InChI is InChI=1S/C9H17NO3/c1-7(11)2-4-10-9(12)8-3-5-13-6-8/h7-8,11H,2-6H2,1H3,(H,10,12). The van der Waals surface area contributed by atoms with Gasteiger partial charge in [-0.3, -0.25) is 4.79 Å². The van der Waals surface area contributed by atoms with Crippen LogP contribution in [0.5, 0.6) is 0 Å². The Balaban J connectivity index is 2.10. The Bertz CT molecular complexity index is 164. The Kier molecular flexibility index (Phi) is 4.18. The first-order valence-corrected chi connectivity index (χ1v) is 4.73. The van der Waals surface area contributed by atoms with Crippen molar-refractivity contribution < 1.29 is 14.6 Å². The van der Waals surface area contributed by atoms with Gasteiger partial charge in [-0.05, 0) is 19.8 Å². The number of hydrogen-bond acceptors (Lipinski definition) is 3. The summed E-state index contributed by atoms with van der Waals surface area (Å²) in [6.45, 7) is 3.49. The number of carbonyl (C=O) groups excluding carboxylic acids is 1. The first kappa shape index (κ1) is 10.5. The van der Waals surface area contributed by atoms with Crippen molar-refractivity contribution in [2.24, 2.45) is 5.92 Å². The second-order valence-electron chi connectivity index (χ2n) is 3.49. The van der Waals surface area contributed by atoms with Gasteiger partial charge in [-0.1, -0.05) is 0 Å². The summed E-state index contributed by atoms with van der Waals surface area (Å²) in [6, 6.07) is 0. The minimum absolute atomic E-state index is 0.0222. The van der Waals surface area contributed by atoms with E-state index in [1.807, 2.05) is 0 Å². The molecule has 1 amide bonds. The van der Waals surface area contributed by atoms with Crippen molar-refractivity contribution in [2.75, 3.05) is 19.8 Å². The van der Waals surface area contributed by atoms with E-state index in [4.69, 9.17) is 9.84 Å². The molecule has 0 spiro atoms. The Morgan fingerprint density at radius 1 is 1.77 bits per heavy atom. The van der Waals surface area contributed by atoms with Crippen molar-refractivity contribution in [3.63, 3.8) is 0 Å². The summed E-state index contributed by atoms with van der Waals surface area (Å²) in [7, 11) is 0. The molecule has 1 saturated heterocycles. The lowest BCUT2D eigenvalue weighted by Crippen LogP contribution is -2.32.